The van der Waals surface area contributed by atoms with Crippen LogP contribution >= 0.6 is 23.1 Å². The number of thiophene rings is 1. The number of ether oxygens (including phenoxy) is 1. The first kappa shape index (κ1) is 19.8. The lowest BCUT2D eigenvalue weighted by atomic mass is 10.0. The predicted molar refractivity (Wildman–Crippen MR) is 98.2 cm³/mol. The van der Waals surface area contributed by atoms with Gasteiger partial charge in [0.2, 0.25) is 0 Å². The lowest BCUT2D eigenvalue weighted by Crippen LogP contribution is -2.26. The van der Waals surface area contributed by atoms with E-state index in [1.54, 1.807) is 17.4 Å². The summed E-state index contributed by atoms with van der Waals surface area (Å²) < 4.78 is 6.80. The molecule has 0 aromatic carbocycles. The first-order valence-corrected chi connectivity index (χ1v) is 9.57. The van der Waals surface area contributed by atoms with E-state index in [1.165, 1.54) is 18.7 Å². The Bertz CT molecular complexity index is 839. The van der Waals surface area contributed by atoms with Gasteiger partial charge in [-0.1, -0.05) is 17.8 Å². The van der Waals surface area contributed by atoms with Gasteiger partial charge < -0.3 is 14.7 Å². The van der Waals surface area contributed by atoms with Crippen molar-refractivity contribution in [1.29, 1.82) is 10.7 Å². The monoisotopic (exact) mass is 391 g/mol. The van der Waals surface area contributed by atoms with E-state index in [0.29, 0.717) is 11.7 Å². The number of hydrogen-bond acceptors (Lipinski definition) is 9. The third-order valence-electron chi connectivity index (χ3n) is 3.35. The Morgan fingerprint density at radius 1 is 1.50 bits per heavy atom. The number of rotatable bonds is 9. The van der Waals surface area contributed by atoms with Crippen LogP contribution in [0.15, 0.2) is 22.7 Å². The number of carbonyl (C=O) groups excluding carboxylic acids is 2. The van der Waals surface area contributed by atoms with E-state index >= 15 is 0 Å². The van der Waals surface area contributed by atoms with Gasteiger partial charge >= 0.3 is 5.97 Å². The smallest absolute Gasteiger partial charge is 0.316 e. The zero-order valence-electron chi connectivity index (χ0n) is 14.3. The summed E-state index contributed by atoms with van der Waals surface area (Å²) in [7, 11) is 0. The molecule has 1 N–H and O–H groups in total. The number of nitrogens with one attached hydrogen (secondary N) is 1. The molecule has 0 fully saturated rings. The summed E-state index contributed by atoms with van der Waals surface area (Å²) in [6.07, 6.45) is 0. The molecule has 0 amide bonds. The number of aromatic nitrogens is 3. The molecule has 26 heavy (non-hydrogen) atoms. The molecule has 136 valence electrons. The molecule has 0 bridgehead atoms. The van der Waals surface area contributed by atoms with Crippen molar-refractivity contribution in [2.45, 2.75) is 25.5 Å². The van der Waals surface area contributed by atoms with Crippen molar-refractivity contribution in [2.75, 3.05) is 12.4 Å². The molecule has 0 unspecified atom stereocenters. The van der Waals surface area contributed by atoms with Gasteiger partial charge in [-0.2, -0.15) is 5.26 Å². The van der Waals surface area contributed by atoms with Crippen molar-refractivity contribution in [3.05, 3.63) is 17.5 Å². The van der Waals surface area contributed by atoms with Crippen molar-refractivity contribution < 1.29 is 14.3 Å². The Morgan fingerprint density at radius 3 is 2.85 bits per heavy atom. The lowest BCUT2D eigenvalue weighted by molar-refractivity contribution is -0.145. The summed E-state index contributed by atoms with van der Waals surface area (Å²) in [5.74, 6) is -1.66. The molecule has 1 atom stereocenters. The fraction of sp³-hybridized carbons (Fsp3) is 0.375. The molecule has 10 heteroatoms. The molecule has 0 saturated heterocycles. The number of ketones is 1. The zero-order valence-corrected chi connectivity index (χ0v) is 15.9. The zero-order chi connectivity index (χ0) is 19.1. The van der Waals surface area contributed by atoms with Crippen molar-refractivity contribution in [1.82, 2.24) is 14.8 Å². The Morgan fingerprint density at radius 2 is 2.27 bits per heavy atom. The van der Waals surface area contributed by atoms with Crippen LogP contribution < -0.4 is 0 Å². The number of carbonyl (C=O) groups is 2. The molecule has 2 aromatic heterocycles. The number of Topliss-reactive ketones (excluding diaryl/α,β-unsaturated/α-hetero) is 1. The van der Waals surface area contributed by atoms with Gasteiger partial charge in [-0.3, -0.25) is 9.59 Å². The quantitative estimate of drug-likeness (QED) is 0.396. The van der Waals surface area contributed by atoms with Gasteiger partial charge in [-0.05, 0) is 25.3 Å². The third-order valence-corrected chi connectivity index (χ3v) is 5.16. The second kappa shape index (κ2) is 9.26. The largest absolute Gasteiger partial charge is 0.457 e. The van der Waals surface area contributed by atoms with Gasteiger partial charge in [0.05, 0.1) is 16.7 Å². The van der Waals surface area contributed by atoms with E-state index < -0.39 is 24.3 Å². The van der Waals surface area contributed by atoms with Gasteiger partial charge in [0, 0.05) is 12.3 Å². The van der Waals surface area contributed by atoms with Crippen molar-refractivity contribution >= 4 is 40.6 Å². The molecule has 2 heterocycles. The van der Waals surface area contributed by atoms with Crippen LogP contribution in [0.25, 0.3) is 10.7 Å². The minimum absolute atomic E-state index is 0.0311. The van der Waals surface area contributed by atoms with Gasteiger partial charge in [0.1, 0.15) is 5.92 Å². The maximum Gasteiger partial charge on any atom is 0.316 e. The van der Waals surface area contributed by atoms with Crippen LogP contribution in [-0.4, -0.2) is 44.6 Å². The molecule has 0 saturated carbocycles. The maximum absolute atomic E-state index is 11.8. The van der Waals surface area contributed by atoms with Gasteiger partial charge in [0.25, 0.3) is 0 Å². The highest BCUT2D eigenvalue weighted by Crippen LogP contribution is 2.27. The highest BCUT2D eigenvalue weighted by Gasteiger charge is 2.22. The molecular formula is C16H17N5O3S2. The molecule has 2 aromatic rings. The van der Waals surface area contributed by atoms with Crippen LogP contribution in [0.5, 0.6) is 0 Å². The average Bonchev–Trinajstić information content (AvgIpc) is 3.27. The summed E-state index contributed by atoms with van der Waals surface area (Å²) in [4.78, 5) is 24.6. The Labute approximate surface area is 158 Å². The van der Waals surface area contributed by atoms with Crippen LogP contribution in [0.2, 0.25) is 0 Å². The lowest BCUT2D eigenvalue weighted by Gasteiger charge is -2.08. The van der Waals surface area contributed by atoms with Crippen LogP contribution in [0.4, 0.5) is 0 Å². The highest BCUT2D eigenvalue weighted by molar-refractivity contribution is 7.99. The fourth-order valence-corrected chi connectivity index (χ4v) is 3.60. The van der Waals surface area contributed by atoms with E-state index in [1.807, 2.05) is 29.0 Å². The van der Waals surface area contributed by atoms with E-state index in [9.17, 15) is 9.59 Å². The molecule has 8 nitrogen and oxygen atoms in total. The highest BCUT2D eigenvalue weighted by atomic mass is 32.2. The fourth-order valence-electron chi connectivity index (χ4n) is 2.08. The molecule has 2 rings (SSSR count). The van der Waals surface area contributed by atoms with E-state index in [4.69, 9.17) is 15.4 Å². The maximum atomic E-state index is 11.8. The van der Waals surface area contributed by atoms with Crippen LogP contribution in [0.1, 0.15) is 13.8 Å². The van der Waals surface area contributed by atoms with E-state index in [2.05, 4.69) is 10.2 Å². The van der Waals surface area contributed by atoms with E-state index in [0.717, 1.165) is 10.7 Å². The Hall–Kier alpha value is -2.51. The Kier molecular flexibility index (Phi) is 7.06. The van der Waals surface area contributed by atoms with Gasteiger partial charge in [-0.25, -0.2) is 0 Å². The van der Waals surface area contributed by atoms with Crippen LogP contribution in [-0.2, 0) is 20.9 Å². The normalized spacial score (nSPS) is 11.6. The predicted octanol–water partition coefficient (Wildman–Crippen LogP) is 2.41. The summed E-state index contributed by atoms with van der Waals surface area (Å²) in [5, 5.41) is 27.0. The third kappa shape index (κ3) is 4.77. The SMILES string of the molecule is CCn1c(SCC(=O)OCC(=O)[C@@H](C#N)C(C)=N)nnc1-c1cccs1. The number of nitrogens with zero attached hydrogens (tertiary/aromatic N) is 4. The Balaban J connectivity index is 1.91. The van der Waals surface area contributed by atoms with Crippen LogP contribution in [0.3, 0.4) is 0 Å². The standard InChI is InChI=1S/C16H17N5O3S2/c1-3-21-15(13-5-4-6-25-13)19-20-16(21)26-9-14(23)24-8-12(22)11(7-17)10(2)18/h4-6,11,18H,3,8-9H2,1-2H3/t11-/m0/s1. The van der Waals surface area contributed by atoms with E-state index in [-0.39, 0.29) is 11.5 Å². The van der Waals surface area contributed by atoms with Gasteiger partial charge in [-0.15, -0.1) is 21.5 Å². The second-order valence-corrected chi connectivity index (χ2v) is 7.08. The molecule has 0 aliphatic heterocycles. The van der Waals surface area contributed by atoms with Crippen molar-refractivity contribution in [3.63, 3.8) is 0 Å². The van der Waals surface area contributed by atoms with Crippen molar-refractivity contribution in [2.24, 2.45) is 5.92 Å². The summed E-state index contributed by atoms with van der Waals surface area (Å²) in [6.45, 7) is 3.46. The first-order valence-electron chi connectivity index (χ1n) is 7.70. The molecule has 0 radical (unpaired) electrons. The first-order chi connectivity index (χ1) is 12.5. The number of thioether (sulfide) groups is 1. The average molecular weight is 391 g/mol. The minimum Gasteiger partial charge on any atom is -0.457 e. The summed E-state index contributed by atoms with van der Waals surface area (Å²) in [5.41, 5.74) is -0.0694. The number of esters is 1. The summed E-state index contributed by atoms with van der Waals surface area (Å²) in [6, 6.07) is 5.60. The molecule has 0 spiro atoms. The molecule has 0 aliphatic rings. The minimum atomic E-state index is -1.17. The van der Waals surface area contributed by atoms with Gasteiger partial charge in [0.15, 0.2) is 23.4 Å². The van der Waals surface area contributed by atoms with Crippen LogP contribution in [0, 0.1) is 22.7 Å². The topological polar surface area (TPSA) is 122 Å². The van der Waals surface area contributed by atoms with Crippen molar-refractivity contribution in [3.8, 4) is 16.8 Å². The second-order valence-electron chi connectivity index (χ2n) is 5.19. The number of hydrogen-bond donors (Lipinski definition) is 1. The summed E-state index contributed by atoms with van der Waals surface area (Å²) >= 11 is 2.73. The molecular weight excluding hydrogens is 374 g/mol. The molecule has 0 aliphatic carbocycles. The number of nitriles is 1.